The minimum atomic E-state index is -0.233. The maximum atomic E-state index is 13.6. The number of hydrogen-bond donors (Lipinski definition) is 0. The van der Waals surface area contributed by atoms with Crippen LogP contribution >= 0.6 is 24.0 Å². The lowest BCUT2D eigenvalue weighted by Gasteiger charge is -2.37. The monoisotopic (exact) mass is 527 g/mol. The van der Waals surface area contributed by atoms with Crippen molar-refractivity contribution < 1.29 is 4.79 Å². The number of pyridine rings is 1. The third-order valence-electron chi connectivity index (χ3n) is 7.74. The Morgan fingerprint density at radius 3 is 2.42 bits per heavy atom. The largest absolute Gasteiger partial charge is 0.355 e. The summed E-state index contributed by atoms with van der Waals surface area (Å²) in [6.45, 7) is 11.1. The van der Waals surface area contributed by atoms with E-state index in [0.717, 1.165) is 82.6 Å². The third kappa shape index (κ3) is 5.27. The maximum Gasteiger partial charge on any atom is 0.270 e. The quantitative estimate of drug-likeness (QED) is 0.382. The van der Waals surface area contributed by atoms with Crippen molar-refractivity contribution in [3.63, 3.8) is 0 Å². The van der Waals surface area contributed by atoms with E-state index in [1.54, 1.807) is 4.57 Å². The van der Waals surface area contributed by atoms with Crippen LogP contribution in [0, 0.1) is 18.3 Å². The van der Waals surface area contributed by atoms with Crippen molar-refractivity contribution in [1.29, 1.82) is 5.26 Å². The first-order valence-corrected chi connectivity index (χ1v) is 14.6. The van der Waals surface area contributed by atoms with Gasteiger partial charge in [0.25, 0.3) is 11.5 Å². The highest BCUT2D eigenvalue weighted by Gasteiger charge is 2.38. The number of likely N-dealkylation sites (N-methyl/N-ethyl adjacent to an activating group) is 1. The molecule has 0 radical (unpaired) electrons. The summed E-state index contributed by atoms with van der Waals surface area (Å²) in [4.78, 5) is 34.1. The summed E-state index contributed by atoms with van der Waals surface area (Å²) in [6, 6.07) is 2.33. The van der Waals surface area contributed by atoms with Gasteiger partial charge in [0.2, 0.25) is 0 Å². The molecule has 1 aromatic rings. The molecule has 1 saturated carbocycles. The molecule has 0 N–H and O–H groups in total. The fraction of sp³-hybridized carbons (Fsp3) is 0.630. The zero-order valence-electron chi connectivity index (χ0n) is 21.7. The summed E-state index contributed by atoms with van der Waals surface area (Å²) < 4.78 is 2.40. The van der Waals surface area contributed by atoms with E-state index in [2.05, 4.69) is 29.7 Å². The minimum absolute atomic E-state index is 0.0390. The van der Waals surface area contributed by atoms with Crippen LogP contribution < -0.4 is 10.5 Å². The summed E-state index contributed by atoms with van der Waals surface area (Å²) in [5.41, 5.74) is 1.38. The molecule has 0 bridgehead atoms. The second-order valence-corrected chi connectivity index (χ2v) is 11.6. The number of amides is 1. The number of anilines is 1. The van der Waals surface area contributed by atoms with Crippen LogP contribution in [0.15, 0.2) is 9.70 Å². The molecule has 3 heterocycles. The molecular formula is C27H37N5O2S2. The lowest BCUT2D eigenvalue weighted by molar-refractivity contribution is -0.124. The van der Waals surface area contributed by atoms with Gasteiger partial charge in [0.1, 0.15) is 21.8 Å². The molecule has 9 heteroatoms. The van der Waals surface area contributed by atoms with Gasteiger partial charge in [0.15, 0.2) is 0 Å². The smallest absolute Gasteiger partial charge is 0.270 e. The van der Waals surface area contributed by atoms with Gasteiger partial charge in [0.05, 0.1) is 4.91 Å². The van der Waals surface area contributed by atoms with Crippen molar-refractivity contribution in [2.45, 2.75) is 78.3 Å². The molecule has 1 aromatic heterocycles. The fourth-order valence-corrected chi connectivity index (χ4v) is 6.93. The Morgan fingerprint density at radius 1 is 1.11 bits per heavy atom. The van der Waals surface area contributed by atoms with Gasteiger partial charge in [-0.3, -0.25) is 19.1 Å². The average molecular weight is 528 g/mol. The summed E-state index contributed by atoms with van der Waals surface area (Å²) in [5, 5.41) is 9.90. The van der Waals surface area contributed by atoms with Crippen molar-refractivity contribution >= 4 is 46.1 Å². The van der Waals surface area contributed by atoms with Crippen LogP contribution in [0.25, 0.3) is 6.08 Å². The van der Waals surface area contributed by atoms with E-state index in [9.17, 15) is 14.9 Å². The molecule has 3 fully saturated rings. The molecule has 194 valence electrons. The highest BCUT2D eigenvalue weighted by molar-refractivity contribution is 8.26. The Hall–Kier alpha value is -2.15. The summed E-state index contributed by atoms with van der Waals surface area (Å²) in [7, 11) is 0. The Bertz CT molecular complexity index is 1140. The van der Waals surface area contributed by atoms with Crippen molar-refractivity contribution in [1.82, 2.24) is 14.4 Å². The Morgan fingerprint density at radius 2 is 1.81 bits per heavy atom. The first-order chi connectivity index (χ1) is 17.4. The van der Waals surface area contributed by atoms with Crippen LogP contribution in [0.5, 0.6) is 0 Å². The highest BCUT2D eigenvalue weighted by atomic mass is 32.2. The predicted molar refractivity (Wildman–Crippen MR) is 151 cm³/mol. The van der Waals surface area contributed by atoms with E-state index < -0.39 is 0 Å². The standard InChI is InChI=1S/C27H37N5O2S2/c1-4-6-12-31-24(30-15-13-29(5-2)14-16-30)21(19(3)22(18-28)25(31)33)17-23-26(34)32(27(35)36-23)20-10-8-7-9-11-20/h17,20H,4-16H2,1-3H3/b23-17-. The molecular weight excluding hydrogens is 490 g/mol. The van der Waals surface area contributed by atoms with Crippen LogP contribution in [-0.2, 0) is 11.3 Å². The molecule has 7 nitrogen and oxygen atoms in total. The van der Waals surface area contributed by atoms with Gasteiger partial charge in [0, 0.05) is 44.3 Å². The van der Waals surface area contributed by atoms with Crippen molar-refractivity contribution in [2.75, 3.05) is 37.6 Å². The number of nitriles is 1. The molecule has 2 aliphatic heterocycles. The van der Waals surface area contributed by atoms with Crippen molar-refractivity contribution in [3.8, 4) is 6.07 Å². The van der Waals surface area contributed by atoms with Crippen molar-refractivity contribution in [2.24, 2.45) is 0 Å². The molecule has 0 spiro atoms. The zero-order valence-corrected chi connectivity index (χ0v) is 23.3. The van der Waals surface area contributed by atoms with Crippen LogP contribution in [-0.4, -0.2) is 63.4 Å². The number of thioether (sulfide) groups is 1. The lowest BCUT2D eigenvalue weighted by Crippen LogP contribution is -2.48. The molecule has 4 rings (SSSR count). The molecule has 1 amide bonds. The van der Waals surface area contributed by atoms with E-state index >= 15 is 0 Å². The van der Waals surface area contributed by atoms with Crippen LogP contribution in [0.2, 0.25) is 0 Å². The third-order valence-corrected chi connectivity index (χ3v) is 9.07. The SMILES string of the molecule is CCCCn1c(N2CCN(CC)CC2)c(/C=C2\SC(=S)N(C3CCCCC3)C2=O)c(C)c(C#N)c1=O. The second-order valence-electron chi connectivity index (χ2n) is 9.92. The number of aromatic nitrogens is 1. The van der Waals surface area contributed by atoms with Gasteiger partial charge in [-0.2, -0.15) is 5.26 Å². The summed E-state index contributed by atoms with van der Waals surface area (Å²) in [5.74, 6) is 0.798. The normalized spacial score (nSPS) is 21.0. The van der Waals surface area contributed by atoms with Gasteiger partial charge < -0.3 is 9.80 Å². The number of carbonyl (C=O) groups is 1. The molecule has 0 aromatic carbocycles. The van der Waals surface area contributed by atoms with Gasteiger partial charge in [-0.25, -0.2) is 0 Å². The minimum Gasteiger partial charge on any atom is -0.355 e. The van der Waals surface area contributed by atoms with Gasteiger partial charge >= 0.3 is 0 Å². The number of nitrogens with zero attached hydrogens (tertiary/aromatic N) is 5. The highest BCUT2D eigenvalue weighted by Crippen LogP contribution is 2.39. The van der Waals surface area contributed by atoms with Crippen LogP contribution in [0.4, 0.5) is 5.82 Å². The van der Waals surface area contributed by atoms with Gasteiger partial charge in [-0.1, -0.05) is 63.5 Å². The lowest BCUT2D eigenvalue weighted by atomic mass is 9.94. The first kappa shape index (κ1) is 26.9. The van der Waals surface area contributed by atoms with E-state index in [1.807, 2.05) is 17.9 Å². The number of hydrogen-bond acceptors (Lipinski definition) is 7. The number of piperazine rings is 1. The molecule has 0 atom stereocenters. The average Bonchev–Trinajstić information content (AvgIpc) is 3.18. The number of rotatable bonds is 7. The van der Waals surface area contributed by atoms with E-state index in [1.165, 1.54) is 18.2 Å². The number of carbonyl (C=O) groups excluding carboxylic acids is 1. The maximum absolute atomic E-state index is 13.6. The van der Waals surface area contributed by atoms with E-state index in [-0.39, 0.29) is 23.1 Å². The van der Waals surface area contributed by atoms with Crippen LogP contribution in [0.3, 0.4) is 0 Å². The number of unbranched alkanes of at least 4 members (excludes halogenated alkanes) is 1. The van der Waals surface area contributed by atoms with Crippen LogP contribution in [0.1, 0.15) is 75.5 Å². The molecule has 1 aliphatic carbocycles. The van der Waals surface area contributed by atoms with Crippen molar-refractivity contribution in [3.05, 3.63) is 31.9 Å². The molecule has 36 heavy (non-hydrogen) atoms. The second kappa shape index (κ2) is 11.9. The first-order valence-electron chi connectivity index (χ1n) is 13.3. The molecule has 0 unspecified atom stereocenters. The predicted octanol–water partition coefficient (Wildman–Crippen LogP) is 4.50. The molecule has 2 saturated heterocycles. The Balaban J connectivity index is 1.82. The van der Waals surface area contributed by atoms with Gasteiger partial charge in [-0.05, 0) is 44.4 Å². The fourth-order valence-electron chi connectivity index (χ4n) is 5.55. The Kier molecular flexibility index (Phi) is 8.91. The zero-order chi connectivity index (χ0) is 25.8. The summed E-state index contributed by atoms with van der Waals surface area (Å²) in [6.07, 6.45) is 9.15. The molecule has 3 aliphatic rings. The number of thiocarbonyl (C=S) groups is 1. The topological polar surface area (TPSA) is 72.6 Å². The van der Waals surface area contributed by atoms with E-state index in [0.29, 0.717) is 21.3 Å². The summed E-state index contributed by atoms with van der Waals surface area (Å²) >= 11 is 7.02. The Labute approximate surface area is 224 Å². The van der Waals surface area contributed by atoms with Gasteiger partial charge in [-0.15, -0.1) is 0 Å². The van der Waals surface area contributed by atoms with E-state index in [4.69, 9.17) is 12.2 Å².